The van der Waals surface area contributed by atoms with Crippen LogP contribution in [-0.4, -0.2) is 0 Å². The lowest BCUT2D eigenvalue weighted by Crippen LogP contribution is -2.20. The second-order valence-electron chi connectivity index (χ2n) is 39.6. The lowest BCUT2D eigenvalue weighted by Gasteiger charge is -2.37. The average molecular weight is 1760 g/mol. The molecule has 6 heteroatoms. The Bertz CT molecular complexity index is 6150. The van der Waals surface area contributed by atoms with Gasteiger partial charge in [0.15, 0.2) is 0 Å². The molecule has 0 amide bonds. The van der Waals surface area contributed by atoms with Crippen LogP contribution in [0.5, 0.6) is 0 Å². The van der Waals surface area contributed by atoms with Gasteiger partial charge in [0, 0.05) is 102 Å². The van der Waals surface area contributed by atoms with E-state index >= 15 is 0 Å². The molecule has 0 saturated heterocycles. The van der Waals surface area contributed by atoms with Crippen LogP contribution < -0.4 is 29.4 Å². The molecule has 668 valence electrons. The molecule has 4 aliphatic carbocycles. The summed E-state index contributed by atoms with van der Waals surface area (Å²) in [5.41, 5.74) is 42.2. The van der Waals surface area contributed by atoms with Crippen LogP contribution in [0.25, 0.3) is 10.8 Å². The number of hydrogen-bond acceptors (Lipinski definition) is 6. The predicted molar refractivity (Wildman–Crippen MR) is 575 cm³/mol. The maximum absolute atomic E-state index is 2.49. The fraction of sp³-hybridized carbons (Fsp3) is 0.185. The van der Waals surface area contributed by atoms with Crippen molar-refractivity contribution in [3.8, 4) is 0 Å². The number of rotatable bonds is 26. The Hall–Kier alpha value is -15.0. The highest BCUT2D eigenvalue weighted by molar-refractivity contribution is 5.94. The van der Waals surface area contributed by atoms with Crippen LogP contribution >= 0.6 is 0 Å². The molecule has 0 aromatic heterocycles. The van der Waals surface area contributed by atoms with Crippen molar-refractivity contribution < 1.29 is 0 Å². The monoisotopic (exact) mass is 1760 g/mol. The zero-order valence-corrected chi connectivity index (χ0v) is 79.4. The van der Waals surface area contributed by atoms with Gasteiger partial charge in [0.1, 0.15) is 0 Å². The van der Waals surface area contributed by atoms with Crippen molar-refractivity contribution in [1.29, 1.82) is 0 Å². The molecule has 0 spiro atoms. The molecule has 0 bridgehead atoms. The molecule has 4 fully saturated rings. The van der Waals surface area contributed by atoms with Gasteiger partial charge in [-0.05, 0) is 428 Å². The third kappa shape index (κ3) is 18.1. The number of anilines is 18. The maximum atomic E-state index is 2.49. The van der Waals surface area contributed by atoms with Gasteiger partial charge in [-0.1, -0.05) is 251 Å². The molecule has 0 radical (unpaired) electrons. The summed E-state index contributed by atoms with van der Waals surface area (Å²) >= 11 is 0. The van der Waals surface area contributed by atoms with Gasteiger partial charge in [-0.2, -0.15) is 0 Å². The summed E-state index contributed by atoms with van der Waals surface area (Å²) in [7, 11) is 0. The molecule has 4 aliphatic rings. The minimum Gasteiger partial charge on any atom is -0.311 e. The molecule has 4 saturated carbocycles. The van der Waals surface area contributed by atoms with Crippen molar-refractivity contribution in [2.24, 2.45) is 0 Å². The average Bonchev–Trinajstić information content (AvgIpc) is 0.776. The lowest BCUT2D eigenvalue weighted by atomic mass is 9.68. The highest BCUT2D eigenvalue weighted by Crippen LogP contribution is 2.55. The maximum Gasteiger partial charge on any atom is 0.0468 e. The molecule has 0 heterocycles. The summed E-state index contributed by atoms with van der Waals surface area (Å²) in [4.78, 5) is 14.5. The molecule has 136 heavy (non-hydrogen) atoms. The van der Waals surface area contributed by atoms with Gasteiger partial charge in [0.2, 0.25) is 0 Å². The minimum atomic E-state index is 0.488. The number of fused-ring (bicyclic) bond motifs is 1. The molecule has 0 atom stereocenters. The SMILES string of the molecule is Cc1ccc(N(c2ccc(C)cc2)c2ccc(C3CC(c4ccc(N(c5ccc(C6CC(c7ccc(N(c8ccc(C)cc8)c8ccc(C)cc8)cc7)C6)cc5)c5ccc6cc(N(c7ccc(C8CC(c9ccc(N(c%10ccc(C)cc%10)c%10ccc(C)cc%10)cc9)C8)cc7)c7ccc(C8CC(c9ccc(N(c%10ccc(C)cc%10)c%10ccc(C)cc%10)cc9)C8)cc7)ccc6c5)cc4)C3)cc2)cc1. The highest BCUT2D eigenvalue weighted by atomic mass is 15.2. The Morgan fingerprint density at radius 2 is 0.213 bits per heavy atom. The standard InChI is InChI=1S/C130H118N6/c1-87-9-43-113(44-10-87)131(114-45-11-88(2)12-46-114)121-59-25-95(26-60-121)105-77-109(78-105)99-33-67-125(68-34-99)135(126-69-35-100(36-70-126)110-79-106(80-110)96-27-61-122(62-28-96)132(115-47-13-89(3)14-48-115)116-49-15-90(4)16-50-116)129-75-41-104-86-130(76-42-103(104)85-129)136(127-71-37-101(38-72-127)111-81-107(82-111)97-29-63-123(64-30-97)133(117-51-17-91(5)18-52-117)118-53-19-92(6)20-54-118)128-73-39-102(40-74-128)112-83-108(84-112)98-31-65-124(66-32-98)134(119-55-21-93(7)22-56-119)120-57-23-94(8)24-58-120/h9-76,85-86,105-112H,77-84H2,1-8H3. The van der Waals surface area contributed by atoms with E-state index in [9.17, 15) is 0 Å². The molecular weight excluding hydrogens is 1650 g/mol. The summed E-state index contributed by atoms with van der Waals surface area (Å²) in [5, 5.41) is 2.38. The first-order valence-electron chi connectivity index (χ1n) is 49.2. The van der Waals surface area contributed by atoms with Gasteiger partial charge in [0.25, 0.3) is 0 Å². The number of hydrogen-bond donors (Lipinski definition) is 0. The molecule has 18 aromatic rings. The van der Waals surface area contributed by atoms with Crippen molar-refractivity contribution in [1.82, 2.24) is 0 Å². The first-order chi connectivity index (χ1) is 66.5. The third-order valence-corrected chi connectivity index (χ3v) is 30.2. The van der Waals surface area contributed by atoms with E-state index in [1.54, 1.807) is 0 Å². The van der Waals surface area contributed by atoms with E-state index in [4.69, 9.17) is 0 Å². The van der Waals surface area contributed by atoms with Gasteiger partial charge in [-0.15, -0.1) is 0 Å². The van der Waals surface area contributed by atoms with E-state index in [-0.39, 0.29) is 0 Å². The molecule has 22 rings (SSSR count). The van der Waals surface area contributed by atoms with E-state index in [2.05, 4.69) is 509 Å². The highest BCUT2D eigenvalue weighted by Gasteiger charge is 2.37. The fourth-order valence-electron chi connectivity index (χ4n) is 21.5. The Balaban J connectivity index is 0.538. The van der Waals surface area contributed by atoms with Gasteiger partial charge < -0.3 is 29.4 Å². The molecule has 18 aromatic carbocycles. The largest absolute Gasteiger partial charge is 0.311 e. The van der Waals surface area contributed by atoms with Crippen molar-refractivity contribution in [3.63, 3.8) is 0 Å². The van der Waals surface area contributed by atoms with Crippen LogP contribution in [0.15, 0.2) is 425 Å². The minimum absolute atomic E-state index is 0.488. The summed E-state index contributed by atoms with van der Waals surface area (Å²) in [5.74, 6) is 3.99. The first-order valence-corrected chi connectivity index (χ1v) is 49.2. The van der Waals surface area contributed by atoms with Gasteiger partial charge >= 0.3 is 0 Å². The van der Waals surface area contributed by atoms with Crippen LogP contribution in [0.3, 0.4) is 0 Å². The molecular formula is C130H118N6. The molecule has 0 N–H and O–H groups in total. The molecule has 0 aliphatic heterocycles. The van der Waals surface area contributed by atoms with Crippen molar-refractivity contribution in [2.75, 3.05) is 29.4 Å². The number of nitrogens with zero attached hydrogens (tertiary/aromatic N) is 6. The van der Waals surface area contributed by atoms with E-state index in [0.717, 1.165) is 131 Å². The van der Waals surface area contributed by atoms with Crippen LogP contribution in [0.1, 0.15) is 188 Å². The summed E-state index contributed by atoms with van der Waals surface area (Å²) in [6, 6.07) is 161. The van der Waals surface area contributed by atoms with Crippen molar-refractivity contribution in [2.45, 2.75) is 154 Å². The molecule has 0 unspecified atom stereocenters. The Kier molecular flexibility index (Phi) is 23.8. The van der Waals surface area contributed by atoms with Crippen LogP contribution in [0.4, 0.5) is 102 Å². The Labute approximate surface area is 804 Å². The van der Waals surface area contributed by atoms with E-state index < -0.39 is 0 Å². The number of benzene rings is 18. The lowest BCUT2D eigenvalue weighted by molar-refractivity contribution is 0.351. The topological polar surface area (TPSA) is 19.4 Å². The Morgan fingerprint density at radius 1 is 0.118 bits per heavy atom. The van der Waals surface area contributed by atoms with E-state index in [1.807, 2.05) is 0 Å². The van der Waals surface area contributed by atoms with Crippen LogP contribution in [0, 0.1) is 55.4 Å². The second kappa shape index (κ2) is 37.5. The summed E-state index contributed by atoms with van der Waals surface area (Å²) in [6.07, 6.45) is 9.03. The van der Waals surface area contributed by atoms with E-state index in [1.165, 1.54) is 123 Å². The third-order valence-electron chi connectivity index (χ3n) is 30.2. The smallest absolute Gasteiger partial charge is 0.0468 e. The fourth-order valence-corrected chi connectivity index (χ4v) is 21.5. The normalized spacial score (nSPS) is 17.6. The van der Waals surface area contributed by atoms with Crippen molar-refractivity contribution >= 4 is 113 Å². The van der Waals surface area contributed by atoms with E-state index in [0.29, 0.717) is 47.3 Å². The van der Waals surface area contributed by atoms with Crippen LogP contribution in [0.2, 0.25) is 0 Å². The van der Waals surface area contributed by atoms with Crippen LogP contribution in [-0.2, 0) is 0 Å². The van der Waals surface area contributed by atoms with Gasteiger partial charge in [0.05, 0.1) is 0 Å². The summed E-state index contributed by atoms with van der Waals surface area (Å²) < 4.78 is 0. The molecule has 6 nitrogen and oxygen atoms in total. The first kappa shape index (κ1) is 86.4. The van der Waals surface area contributed by atoms with Crippen molar-refractivity contribution in [3.05, 3.63) is 514 Å². The summed E-state index contributed by atoms with van der Waals surface area (Å²) in [6.45, 7) is 17.3. The zero-order chi connectivity index (χ0) is 92.0. The van der Waals surface area contributed by atoms with Gasteiger partial charge in [-0.25, -0.2) is 0 Å². The number of aryl methyl sites for hydroxylation is 8. The second-order valence-corrected chi connectivity index (χ2v) is 39.6. The predicted octanol–water partition coefficient (Wildman–Crippen LogP) is 36.8. The Morgan fingerprint density at radius 3 is 0.331 bits per heavy atom. The quantitative estimate of drug-likeness (QED) is 0.0534. The van der Waals surface area contributed by atoms with Gasteiger partial charge in [-0.3, -0.25) is 0 Å². The zero-order valence-electron chi connectivity index (χ0n) is 79.4.